The van der Waals surface area contributed by atoms with Gasteiger partial charge in [0.15, 0.2) is 0 Å². The van der Waals surface area contributed by atoms with Crippen molar-refractivity contribution in [2.75, 3.05) is 0 Å². The second-order valence-electron chi connectivity index (χ2n) is 4.23. The summed E-state index contributed by atoms with van der Waals surface area (Å²) in [6.45, 7) is -3.89. The predicted octanol–water partition coefficient (Wildman–Crippen LogP) is 3.21. The number of hydrogen-bond acceptors (Lipinski definition) is 2. The quantitative estimate of drug-likeness (QED) is 0.774. The molecule has 0 spiro atoms. The van der Waals surface area contributed by atoms with Crippen molar-refractivity contribution >= 4 is 11.6 Å². The van der Waals surface area contributed by atoms with Crippen LogP contribution >= 0.6 is 11.6 Å². The first-order valence-corrected chi connectivity index (χ1v) is 6.11. The third-order valence-electron chi connectivity index (χ3n) is 2.77. The number of alkyl halides is 5. The Morgan fingerprint density at radius 2 is 1.70 bits per heavy atom. The zero-order valence-corrected chi connectivity index (χ0v) is 11.5. The third-order valence-corrected chi connectivity index (χ3v) is 3.01. The van der Waals surface area contributed by atoms with Crippen LogP contribution in [0.15, 0.2) is 33.9 Å². The van der Waals surface area contributed by atoms with Gasteiger partial charge in [-0.05, 0) is 18.2 Å². The molecule has 0 atom stereocenters. The van der Waals surface area contributed by atoms with Gasteiger partial charge in [-0.1, -0.05) is 11.6 Å². The molecule has 0 saturated carbocycles. The van der Waals surface area contributed by atoms with Crippen molar-refractivity contribution in [1.82, 2.24) is 9.13 Å². The lowest BCUT2D eigenvalue weighted by atomic mass is 10.3. The average molecular weight is 359 g/mol. The van der Waals surface area contributed by atoms with E-state index < -0.39 is 45.7 Å². The van der Waals surface area contributed by atoms with E-state index in [9.17, 15) is 35.9 Å². The van der Waals surface area contributed by atoms with Crippen LogP contribution in [0.25, 0.3) is 5.69 Å². The molecule has 0 aliphatic carbocycles. The molecule has 0 unspecified atom stereocenters. The van der Waals surface area contributed by atoms with Gasteiger partial charge in [-0.25, -0.2) is 18.3 Å². The van der Waals surface area contributed by atoms with E-state index in [-0.39, 0.29) is 15.7 Å². The van der Waals surface area contributed by atoms with Gasteiger partial charge >= 0.3 is 18.4 Å². The van der Waals surface area contributed by atoms with Crippen molar-refractivity contribution in [3.05, 3.63) is 61.6 Å². The molecule has 1 heterocycles. The van der Waals surface area contributed by atoms with E-state index in [4.69, 9.17) is 11.6 Å². The zero-order valence-electron chi connectivity index (χ0n) is 10.7. The lowest BCUT2D eigenvalue weighted by Crippen LogP contribution is -2.42. The van der Waals surface area contributed by atoms with Gasteiger partial charge in [-0.15, -0.1) is 0 Å². The molecule has 0 aliphatic rings. The molecular weight excluding hydrogens is 354 g/mol. The average Bonchev–Trinajstić information content (AvgIpc) is 2.38. The van der Waals surface area contributed by atoms with E-state index in [1.165, 1.54) is 0 Å². The lowest BCUT2D eigenvalue weighted by molar-refractivity contribution is -0.149. The van der Waals surface area contributed by atoms with E-state index in [1.54, 1.807) is 0 Å². The molecule has 0 fully saturated rings. The van der Waals surface area contributed by atoms with Crippen molar-refractivity contribution in [2.24, 2.45) is 0 Å². The topological polar surface area (TPSA) is 44.0 Å². The van der Waals surface area contributed by atoms with E-state index in [1.807, 2.05) is 0 Å². The molecule has 124 valence electrons. The minimum atomic E-state index is -5.37. The smallest absolute Gasteiger partial charge is 0.269 e. The van der Waals surface area contributed by atoms with E-state index in [0.717, 1.165) is 12.1 Å². The number of rotatable bonds is 2. The van der Waals surface area contributed by atoms with Crippen LogP contribution in [0.5, 0.6) is 0 Å². The highest BCUT2D eigenvalue weighted by atomic mass is 35.5. The van der Waals surface area contributed by atoms with Gasteiger partial charge in [0.1, 0.15) is 11.5 Å². The normalized spacial score (nSPS) is 12.0. The number of nitrogens with zero attached hydrogens (tertiary/aromatic N) is 2. The van der Waals surface area contributed by atoms with E-state index >= 15 is 0 Å². The van der Waals surface area contributed by atoms with Gasteiger partial charge in [-0.2, -0.15) is 22.0 Å². The maximum absolute atomic E-state index is 13.8. The lowest BCUT2D eigenvalue weighted by Gasteiger charge is -2.16. The van der Waals surface area contributed by atoms with E-state index in [2.05, 4.69) is 0 Å². The molecule has 1 aromatic carbocycles. The fraction of sp³-hybridized carbons (Fsp3) is 0.167. The minimum Gasteiger partial charge on any atom is -0.269 e. The van der Waals surface area contributed by atoms with Gasteiger partial charge in [-0.3, -0.25) is 4.79 Å². The summed E-state index contributed by atoms with van der Waals surface area (Å²) in [6.07, 6.45) is -5.37. The molecule has 0 amide bonds. The Bertz CT molecular complexity index is 871. The fourth-order valence-electron chi connectivity index (χ4n) is 1.85. The summed E-state index contributed by atoms with van der Waals surface area (Å²) in [6, 6.07) is 2.31. The Morgan fingerprint density at radius 3 is 2.17 bits per heavy atom. The van der Waals surface area contributed by atoms with Gasteiger partial charge < -0.3 is 0 Å². The van der Waals surface area contributed by atoms with Crippen molar-refractivity contribution in [3.8, 4) is 5.69 Å². The van der Waals surface area contributed by atoms with Crippen LogP contribution in [0.1, 0.15) is 12.2 Å². The number of aromatic nitrogens is 2. The molecular formula is C12H5ClF6N2O2. The molecule has 4 nitrogen and oxygen atoms in total. The number of benzene rings is 1. The Balaban J connectivity index is 2.90. The molecule has 0 N–H and O–H groups in total. The minimum absolute atomic E-state index is 0.125. The first kappa shape index (κ1) is 17.1. The molecule has 23 heavy (non-hydrogen) atoms. The van der Waals surface area contributed by atoms with Crippen molar-refractivity contribution in [2.45, 2.75) is 12.7 Å². The van der Waals surface area contributed by atoms with Crippen LogP contribution in [-0.2, 0) is 6.18 Å². The van der Waals surface area contributed by atoms with Crippen molar-refractivity contribution in [1.29, 1.82) is 0 Å². The summed E-state index contributed by atoms with van der Waals surface area (Å²) in [5.41, 5.74) is -6.57. The summed E-state index contributed by atoms with van der Waals surface area (Å²) in [5, 5.41) is -0.125. The highest BCUT2D eigenvalue weighted by molar-refractivity contribution is 6.30. The van der Waals surface area contributed by atoms with Crippen LogP contribution in [0.4, 0.5) is 26.3 Å². The SMILES string of the molecule is O=c1cc(C(F)(F)F)n(C(F)F)c(=O)n1-c1ccc(Cl)cc1F. The van der Waals surface area contributed by atoms with Gasteiger partial charge in [0.05, 0.1) is 5.69 Å². The summed E-state index contributed by atoms with van der Waals surface area (Å²) < 4.78 is 76.5. The van der Waals surface area contributed by atoms with Gasteiger partial charge in [0.25, 0.3) is 5.56 Å². The number of hydrogen-bond donors (Lipinski definition) is 0. The van der Waals surface area contributed by atoms with Crippen LogP contribution in [0.2, 0.25) is 5.02 Å². The largest absolute Gasteiger partial charge is 0.431 e. The Morgan fingerprint density at radius 1 is 1.09 bits per heavy atom. The maximum Gasteiger partial charge on any atom is 0.431 e. The zero-order chi connectivity index (χ0) is 17.5. The van der Waals surface area contributed by atoms with Gasteiger partial charge in [0.2, 0.25) is 0 Å². The van der Waals surface area contributed by atoms with Crippen LogP contribution in [-0.4, -0.2) is 9.13 Å². The van der Waals surface area contributed by atoms with Crippen LogP contribution < -0.4 is 11.2 Å². The monoisotopic (exact) mass is 358 g/mol. The van der Waals surface area contributed by atoms with Crippen LogP contribution in [0, 0.1) is 5.82 Å². The molecule has 0 aliphatic heterocycles. The Labute approximate surface area is 128 Å². The first-order chi connectivity index (χ1) is 10.5. The molecule has 11 heteroatoms. The van der Waals surface area contributed by atoms with Crippen molar-refractivity contribution < 1.29 is 26.3 Å². The van der Waals surface area contributed by atoms with E-state index in [0.29, 0.717) is 6.07 Å². The Kier molecular flexibility index (Phi) is 4.29. The summed E-state index contributed by atoms with van der Waals surface area (Å²) >= 11 is 5.47. The fourth-order valence-corrected chi connectivity index (χ4v) is 2.01. The maximum atomic E-state index is 13.8. The molecule has 2 aromatic rings. The molecule has 1 aromatic heterocycles. The second kappa shape index (κ2) is 5.76. The third kappa shape index (κ3) is 3.11. The predicted molar refractivity (Wildman–Crippen MR) is 67.5 cm³/mol. The standard InChI is InChI=1S/C12H5ClF6N2O2/c13-5-1-2-7(6(14)3-5)20-9(22)4-8(12(17,18)19)21(10(15)16)11(20)23/h1-4,10H. The summed E-state index contributed by atoms with van der Waals surface area (Å²) in [7, 11) is 0. The second-order valence-corrected chi connectivity index (χ2v) is 4.66. The summed E-state index contributed by atoms with van der Waals surface area (Å²) in [5.74, 6) is -1.24. The first-order valence-electron chi connectivity index (χ1n) is 5.73. The number of halogens is 7. The highest BCUT2D eigenvalue weighted by Gasteiger charge is 2.38. The van der Waals surface area contributed by atoms with Crippen molar-refractivity contribution in [3.63, 3.8) is 0 Å². The molecule has 0 bridgehead atoms. The van der Waals surface area contributed by atoms with Gasteiger partial charge in [0, 0.05) is 11.1 Å². The molecule has 0 radical (unpaired) electrons. The Hall–Kier alpha value is -2.23. The van der Waals surface area contributed by atoms with Crippen LogP contribution in [0.3, 0.4) is 0 Å². The molecule has 2 rings (SSSR count). The molecule has 0 saturated heterocycles. The summed E-state index contributed by atoms with van der Waals surface area (Å²) in [4.78, 5) is 23.6. The highest BCUT2D eigenvalue weighted by Crippen LogP contribution is 2.29.